The Bertz CT molecular complexity index is 2700. The first-order valence-electron chi connectivity index (χ1n) is 16.1. The minimum atomic E-state index is -2.05. The van der Waals surface area contributed by atoms with E-state index in [9.17, 15) is 0 Å². The van der Waals surface area contributed by atoms with Gasteiger partial charge < -0.3 is 4.57 Å². The molecule has 9 aromatic rings. The van der Waals surface area contributed by atoms with Crippen LogP contribution in [-0.4, -0.2) is 22.6 Å². The molecule has 3 nitrogen and oxygen atoms in total. The molecule has 0 saturated heterocycles. The fraction of sp³-hybridized carbons (Fsp3) is 0.0476. The highest BCUT2D eigenvalue weighted by molar-refractivity contribution is 7.26. The Morgan fingerprint density at radius 3 is 2.09 bits per heavy atom. The molecule has 4 heterocycles. The van der Waals surface area contributed by atoms with E-state index in [-0.39, 0.29) is 0 Å². The summed E-state index contributed by atoms with van der Waals surface area (Å²) in [5, 5.41) is 7.96. The Hall–Kier alpha value is -5.36. The van der Waals surface area contributed by atoms with Crippen molar-refractivity contribution in [1.29, 1.82) is 0 Å². The van der Waals surface area contributed by atoms with Crippen molar-refractivity contribution in [3.63, 3.8) is 0 Å². The highest BCUT2D eigenvalue weighted by atomic mass is 32.1. The van der Waals surface area contributed by atoms with Crippen LogP contribution in [0.2, 0.25) is 13.1 Å². The summed E-state index contributed by atoms with van der Waals surface area (Å²) in [6, 6.07) is 50.5. The molecule has 0 aliphatic carbocycles. The third-order valence-corrected chi connectivity index (χ3v) is 14.7. The number of para-hydroxylation sites is 1. The van der Waals surface area contributed by atoms with Crippen molar-refractivity contribution in [3.05, 3.63) is 140 Å². The molecule has 0 unspecified atom stereocenters. The third kappa shape index (κ3) is 3.78. The molecule has 0 atom stereocenters. The van der Waals surface area contributed by atoms with Gasteiger partial charge in [0.05, 0.1) is 27.1 Å². The van der Waals surface area contributed by atoms with Gasteiger partial charge in [0.15, 0.2) is 5.82 Å². The van der Waals surface area contributed by atoms with Crippen LogP contribution in [0.3, 0.4) is 0 Å². The summed E-state index contributed by atoms with van der Waals surface area (Å²) in [5.74, 6) is 0.777. The van der Waals surface area contributed by atoms with E-state index < -0.39 is 8.07 Å². The summed E-state index contributed by atoms with van der Waals surface area (Å²) in [6.07, 6.45) is 0. The highest BCUT2D eigenvalue weighted by Gasteiger charge is 2.41. The molecule has 0 bridgehead atoms. The minimum Gasteiger partial charge on any atom is -0.308 e. The highest BCUT2D eigenvalue weighted by Crippen LogP contribution is 2.43. The Balaban J connectivity index is 1.21. The topological polar surface area (TPSA) is 30.7 Å². The fourth-order valence-corrected chi connectivity index (χ4v) is 12.3. The van der Waals surface area contributed by atoms with Gasteiger partial charge in [0.2, 0.25) is 0 Å². The molecule has 0 radical (unpaired) electrons. The molecule has 0 saturated carbocycles. The van der Waals surface area contributed by atoms with Gasteiger partial charge in [0.1, 0.15) is 8.07 Å². The molecule has 0 N–H and O–H groups in total. The van der Waals surface area contributed by atoms with Crippen LogP contribution in [0.15, 0.2) is 140 Å². The number of aromatic nitrogens is 3. The average Bonchev–Trinajstić information content (AvgIpc) is 3.74. The second-order valence-electron chi connectivity index (χ2n) is 13.0. The summed E-state index contributed by atoms with van der Waals surface area (Å²) in [5.41, 5.74) is 9.23. The van der Waals surface area contributed by atoms with Gasteiger partial charge in [-0.05, 0) is 40.2 Å². The van der Waals surface area contributed by atoms with Crippen LogP contribution >= 0.6 is 11.3 Å². The lowest BCUT2D eigenvalue weighted by Crippen LogP contribution is -2.50. The van der Waals surface area contributed by atoms with E-state index in [1.165, 1.54) is 57.9 Å². The van der Waals surface area contributed by atoms with Crippen LogP contribution in [0.25, 0.3) is 81.6 Å². The average molecular weight is 636 g/mol. The maximum Gasteiger partial charge on any atom is 0.160 e. The number of hydrogen-bond donors (Lipinski definition) is 0. The smallest absolute Gasteiger partial charge is 0.160 e. The summed E-state index contributed by atoms with van der Waals surface area (Å²) >= 11 is 1.89. The molecule has 5 heteroatoms. The van der Waals surface area contributed by atoms with Crippen LogP contribution in [0, 0.1) is 0 Å². The lowest BCUT2D eigenvalue weighted by atomic mass is 10.1. The lowest BCUT2D eigenvalue weighted by Gasteiger charge is -2.21. The van der Waals surface area contributed by atoms with Crippen molar-refractivity contribution < 1.29 is 0 Å². The molecule has 0 amide bonds. The first kappa shape index (κ1) is 26.8. The Kier molecular flexibility index (Phi) is 5.60. The monoisotopic (exact) mass is 635 g/mol. The first-order valence-corrected chi connectivity index (χ1v) is 19.9. The second kappa shape index (κ2) is 9.82. The summed E-state index contributed by atoms with van der Waals surface area (Å²) in [4.78, 5) is 10.6. The molecular weight excluding hydrogens is 607 g/mol. The van der Waals surface area contributed by atoms with Crippen molar-refractivity contribution in [3.8, 4) is 39.6 Å². The van der Waals surface area contributed by atoms with E-state index in [0.29, 0.717) is 0 Å². The number of fused-ring (bicyclic) bond motifs is 10. The predicted octanol–water partition coefficient (Wildman–Crippen LogP) is 10.1. The second-order valence-corrected chi connectivity index (χ2v) is 18.3. The van der Waals surface area contributed by atoms with E-state index in [1.807, 2.05) is 17.4 Å². The normalized spacial score (nSPS) is 13.5. The summed E-state index contributed by atoms with van der Waals surface area (Å²) in [6.45, 7) is 4.88. The number of thiophene rings is 1. The lowest BCUT2D eigenvalue weighted by molar-refractivity contribution is 1.18. The van der Waals surface area contributed by atoms with Gasteiger partial charge in [-0.3, -0.25) is 0 Å². The largest absolute Gasteiger partial charge is 0.308 e. The van der Waals surface area contributed by atoms with Gasteiger partial charge in [-0.25, -0.2) is 9.97 Å². The van der Waals surface area contributed by atoms with Crippen LogP contribution in [0.1, 0.15) is 0 Å². The Labute approximate surface area is 277 Å². The SMILES string of the molecule is C[Si]1(C)c2ccccc2-c2nc(-c3ccccc3)nc(-c3ccc(-n4c5ccccc5c5ccc6c7ccccc7sc6c54)cc3)c21. The quantitative estimate of drug-likeness (QED) is 0.181. The van der Waals surface area contributed by atoms with Gasteiger partial charge in [0.25, 0.3) is 0 Å². The van der Waals surface area contributed by atoms with Crippen molar-refractivity contribution in [2.45, 2.75) is 13.1 Å². The molecule has 0 fully saturated rings. The summed E-state index contributed by atoms with van der Waals surface area (Å²) < 4.78 is 5.11. The molecule has 222 valence electrons. The maximum atomic E-state index is 5.34. The molecule has 1 aliphatic rings. The summed E-state index contributed by atoms with van der Waals surface area (Å²) in [7, 11) is -2.05. The van der Waals surface area contributed by atoms with Gasteiger partial charge in [-0.1, -0.05) is 128 Å². The molecule has 10 rings (SSSR count). The van der Waals surface area contributed by atoms with Gasteiger partial charge in [0, 0.05) is 43.1 Å². The van der Waals surface area contributed by atoms with E-state index in [2.05, 4.69) is 151 Å². The number of nitrogens with zero attached hydrogens (tertiary/aromatic N) is 3. The van der Waals surface area contributed by atoms with Crippen molar-refractivity contribution in [2.75, 3.05) is 0 Å². The van der Waals surface area contributed by atoms with Crippen molar-refractivity contribution >= 4 is 71.8 Å². The van der Waals surface area contributed by atoms with Crippen molar-refractivity contribution in [2.24, 2.45) is 0 Å². The first-order chi connectivity index (χ1) is 23.1. The van der Waals surface area contributed by atoms with Gasteiger partial charge in [-0.2, -0.15) is 0 Å². The molecular formula is C42H29N3SSi. The van der Waals surface area contributed by atoms with Crippen LogP contribution in [0.4, 0.5) is 0 Å². The molecule has 1 aliphatic heterocycles. The third-order valence-electron chi connectivity index (χ3n) is 10.00. The number of rotatable bonds is 3. The number of benzene rings is 6. The Morgan fingerprint density at radius 1 is 0.553 bits per heavy atom. The zero-order valence-corrected chi connectivity index (χ0v) is 27.8. The zero-order valence-electron chi connectivity index (χ0n) is 26.0. The van der Waals surface area contributed by atoms with Gasteiger partial charge in [-0.15, -0.1) is 11.3 Å². The van der Waals surface area contributed by atoms with E-state index in [4.69, 9.17) is 9.97 Å². The zero-order chi connectivity index (χ0) is 31.3. The predicted molar refractivity (Wildman–Crippen MR) is 202 cm³/mol. The van der Waals surface area contributed by atoms with E-state index >= 15 is 0 Å². The Morgan fingerprint density at radius 2 is 1.23 bits per heavy atom. The van der Waals surface area contributed by atoms with Crippen molar-refractivity contribution in [1.82, 2.24) is 14.5 Å². The minimum absolute atomic E-state index is 0.777. The number of hydrogen-bond acceptors (Lipinski definition) is 3. The molecule has 47 heavy (non-hydrogen) atoms. The molecule has 3 aromatic heterocycles. The van der Waals surface area contributed by atoms with E-state index in [1.54, 1.807) is 0 Å². The molecule has 0 spiro atoms. The molecule has 6 aromatic carbocycles. The van der Waals surface area contributed by atoms with E-state index in [0.717, 1.165) is 34.0 Å². The van der Waals surface area contributed by atoms with Crippen LogP contribution < -0.4 is 10.4 Å². The van der Waals surface area contributed by atoms with Crippen LogP contribution in [0.5, 0.6) is 0 Å². The van der Waals surface area contributed by atoms with Crippen LogP contribution in [-0.2, 0) is 0 Å². The maximum absolute atomic E-state index is 5.34. The van der Waals surface area contributed by atoms with Gasteiger partial charge >= 0.3 is 0 Å². The fourth-order valence-electron chi connectivity index (χ4n) is 7.81. The standard InChI is InChI=1S/C42H29N3SSi/c1-47(2)36-19-11-8-16-33(36)38-41(47)37(43-42(44-38)27-12-4-3-5-13-27)26-20-22-28(23-21-26)45-34-17-9-6-14-29(34)31-24-25-32-30-15-7-10-18-35(30)46-40(32)39(31)45/h3-25H,1-2H3.